The second kappa shape index (κ2) is 8.46. The summed E-state index contributed by atoms with van der Waals surface area (Å²) in [6, 6.07) is 11.3. The topological polar surface area (TPSA) is 88.0 Å². The Morgan fingerprint density at radius 3 is 2.49 bits per heavy atom. The maximum Gasteiger partial charge on any atom is 0.420 e. The SMILES string of the molecule is O=C(O)C1CN(C(=O)c2nc3c(C(F)(F)F)cc(-c4ccoc4)cn3c2Cl)CC1c1ccccc1. The number of aliphatic carboxylic acids is 1. The third kappa shape index (κ3) is 4.03. The lowest BCUT2D eigenvalue weighted by Gasteiger charge is -2.15. The van der Waals surface area contributed by atoms with Gasteiger partial charge in [0, 0.05) is 36.3 Å². The largest absolute Gasteiger partial charge is 0.481 e. The zero-order chi connectivity index (χ0) is 24.9. The van der Waals surface area contributed by atoms with E-state index in [1.165, 1.54) is 29.7 Å². The minimum absolute atomic E-state index is 0.0659. The van der Waals surface area contributed by atoms with Crippen molar-refractivity contribution >= 4 is 29.1 Å². The number of furan rings is 1. The van der Waals surface area contributed by atoms with E-state index < -0.39 is 41.1 Å². The highest BCUT2D eigenvalue weighted by Gasteiger charge is 2.42. The number of hydrogen-bond acceptors (Lipinski definition) is 4. The van der Waals surface area contributed by atoms with Gasteiger partial charge in [-0.1, -0.05) is 41.9 Å². The third-order valence-corrected chi connectivity index (χ3v) is 6.54. The molecule has 2 atom stereocenters. The van der Waals surface area contributed by atoms with Crippen molar-refractivity contribution in [3.63, 3.8) is 0 Å². The monoisotopic (exact) mass is 503 g/mol. The lowest BCUT2D eigenvalue weighted by atomic mass is 9.89. The molecule has 1 saturated heterocycles. The van der Waals surface area contributed by atoms with Crippen molar-refractivity contribution < 1.29 is 32.3 Å². The summed E-state index contributed by atoms with van der Waals surface area (Å²) >= 11 is 6.38. The number of carboxylic acid groups (broad SMARTS) is 1. The van der Waals surface area contributed by atoms with Crippen LogP contribution in [0.3, 0.4) is 0 Å². The van der Waals surface area contributed by atoms with Crippen LogP contribution in [0.25, 0.3) is 16.8 Å². The average Bonchev–Trinajstić information content (AvgIpc) is 3.57. The van der Waals surface area contributed by atoms with Crippen LogP contribution in [-0.2, 0) is 11.0 Å². The minimum atomic E-state index is -4.77. The fourth-order valence-electron chi connectivity index (χ4n) is 4.46. The Balaban J connectivity index is 1.56. The molecule has 1 amide bonds. The van der Waals surface area contributed by atoms with Crippen molar-refractivity contribution in [2.75, 3.05) is 13.1 Å². The van der Waals surface area contributed by atoms with Crippen molar-refractivity contribution in [3.8, 4) is 11.1 Å². The average molecular weight is 504 g/mol. The van der Waals surface area contributed by atoms with Crippen LogP contribution in [0.1, 0.15) is 27.5 Å². The Morgan fingerprint density at radius 2 is 1.86 bits per heavy atom. The molecule has 7 nitrogen and oxygen atoms in total. The fourth-order valence-corrected chi connectivity index (χ4v) is 4.71. The molecule has 1 fully saturated rings. The van der Waals surface area contributed by atoms with Crippen LogP contribution in [0.15, 0.2) is 65.6 Å². The number of rotatable bonds is 4. The smallest absolute Gasteiger partial charge is 0.420 e. The third-order valence-electron chi connectivity index (χ3n) is 6.18. The van der Waals surface area contributed by atoms with E-state index >= 15 is 0 Å². The number of carbonyl (C=O) groups excluding carboxylic acids is 1. The van der Waals surface area contributed by atoms with E-state index in [0.717, 1.165) is 16.0 Å². The summed E-state index contributed by atoms with van der Waals surface area (Å²) in [4.78, 5) is 30.5. The zero-order valence-electron chi connectivity index (χ0n) is 17.9. The second-order valence-electron chi connectivity index (χ2n) is 8.27. The first-order valence-corrected chi connectivity index (χ1v) is 10.9. The van der Waals surface area contributed by atoms with Gasteiger partial charge in [0.25, 0.3) is 5.91 Å². The van der Waals surface area contributed by atoms with Crippen molar-refractivity contribution in [1.29, 1.82) is 0 Å². The molecule has 1 N–H and O–H groups in total. The first kappa shape index (κ1) is 23.0. The van der Waals surface area contributed by atoms with Crippen LogP contribution in [0.4, 0.5) is 13.2 Å². The van der Waals surface area contributed by atoms with Crippen LogP contribution < -0.4 is 0 Å². The van der Waals surface area contributed by atoms with Gasteiger partial charge in [-0.25, -0.2) is 4.98 Å². The van der Waals surface area contributed by atoms with Gasteiger partial charge in [-0.05, 0) is 17.7 Å². The lowest BCUT2D eigenvalue weighted by molar-refractivity contribution is -0.141. The van der Waals surface area contributed by atoms with E-state index in [1.807, 2.05) is 0 Å². The maximum atomic E-state index is 13.9. The Labute approximate surface area is 201 Å². The van der Waals surface area contributed by atoms with E-state index in [0.29, 0.717) is 5.56 Å². The molecule has 0 spiro atoms. The number of carboxylic acids is 1. The van der Waals surface area contributed by atoms with Gasteiger partial charge >= 0.3 is 12.1 Å². The van der Waals surface area contributed by atoms with Crippen LogP contribution in [0.2, 0.25) is 5.15 Å². The van der Waals surface area contributed by atoms with E-state index in [4.69, 9.17) is 16.0 Å². The molecule has 1 aliphatic rings. The molecule has 11 heteroatoms. The van der Waals surface area contributed by atoms with Crippen LogP contribution >= 0.6 is 11.6 Å². The number of halogens is 4. The predicted octanol–water partition coefficient (Wildman–Crippen LogP) is 5.21. The highest BCUT2D eigenvalue weighted by molar-refractivity contribution is 6.33. The second-order valence-corrected chi connectivity index (χ2v) is 8.63. The highest BCUT2D eigenvalue weighted by atomic mass is 35.5. The van der Waals surface area contributed by atoms with Gasteiger partial charge in [-0.2, -0.15) is 13.2 Å². The molecule has 4 aromatic rings. The molecule has 2 unspecified atom stereocenters. The van der Waals surface area contributed by atoms with Gasteiger partial charge in [0.05, 0.1) is 24.0 Å². The number of nitrogens with zero attached hydrogens (tertiary/aromatic N) is 3. The van der Waals surface area contributed by atoms with Gasteiger partial charge in [-0.15, -0.1) is 0 Å². The molecule has 3 aromatic heterocycles. The summed E-state index contributed by atoms with van der Waals surface area (Å²) in [6.45, 7) is -0.0548. The van der Waals surface area contributed by atoms with Crippen LogP contribution in [0.5, 0.6) is 0 Å². The summed E-state index contributed by atoms with van der Waals surface area (Å²) in [5.74, 6) is -3.16. The summed E-state index contributed by atoms with van der Waals surface area (Å²) in [5.41, 5.74) is -0.645. The number of hydrogen-bond donors (Lipinski definition) is 1. The van der Waals surface area contributed by atoms with Crippen molar-refractivity contribution in [3.05, 3.63) is 83.2 Å². The quantitative estimate of drug-likeness (QED) is 0.413. The van der Waals surface area contributed by atoms with Gasteiger partial charge in [0.15, 0.2) is 11.3 Å². The Kier molecular flexibility index (Phi) is 5.55. The Hall–Kier alpha value is -3.79. The van der Waals surface area contributed by atoms with Gasteiger partial charge in [-0.3, -0.25) is 14.0 Å². The molecule has 0 aliphatic carbocycles. The van der Waals surface area contributed by atoms with E-state index in [-0.39, 0.29) is 29.5 Å². The zero-order valence-corrected chi connectivity index (χ0v) is 18.6. The first-order valence-electron chi connectivity index (χ1n) is 10.5. The standard InChI is InChI=1S/C24H17ClF3N3O4/c25-20-19(22(32)30-10-16(17(11-30)23(33)34)13-4-2-1-3-5-13)29-21-18(24(26,27)28)8-15(9-31(20)21)14-6-7-35-12-14/h1-9,12,16-17H,10-11H2,(H,33,34). The fraction of sp³-hybridized carbons (Fsp3) is 0.208. The number of aromatic nitrogens is 2. The van der Waals surface area contributed by atoms with Crippen molar-refractivity contribution in [2.24, 2.45) is 5.92 Å². The number of alkyl halides is 3. The lowest BCUT2D eigenvalue weighted by Crippen LogP contribution is -2.30. The summed E-state index contributed by atoms with van der Waals surface area (Å²) in [6.07, 6.45) is -0.806. The van der Waals surface area contributed by atoms with Gasteiger partial charge in [0.1, 0.15) is 5.15 Å². The molecule has 0 bridgehead atoms. The summed E-state index contributed by atoms with van der Waals surface area (Å²) in [5, 5.41) is 9.42. The molecular formula is C24H17ClF3N3O4. The molecular weight excluding hydrogens is 487 g/mol. The van der Waals surface area contributed by atoms with Crippen LogP contribution in [0, 0.1) is 5.92 Å². The van der Waals surface area contributed by atoms with Crippen molar-refractivity contribution in [2.45, 2.75) is 12.1 Å². The number of pyridine rings is 1. The van der Waals surface area contributed by atoms with E-state index in [9.17, 15) is 27.9 Å². The predicted molar refractivity (Wildman–Crippen MR) is 119 cm³/mol. The van der Waals surface area contributed by atoms with Crippen molar-refractivity contribution in [1.82, 2.24) is 14.3 Å². The highest BCUT2D eigenvalue weighted by Crippen LogP contribution is 2.38. The van der Waals surface area contributed by atoms with Gasteiger partial charge in [0.2, 0.25) is 0 Å². The van der Waals surface area contributed by atoms with E-state index in [2.05, 4.69) is 4.98 Å². The molecule has 1 aromatic carbocycles. The summed E-state index contributed by atoms with van der Waals surface area (Å²) in [7, 11) is 0. The van der Waals surface area contributed by atoms with E-state index in [1.54, 1.807) is 30.3 Å². The molecule has 35 heavy (non-hydrogen) atoms. The normalized spacial score (nSPS) is 18.3. The number of benzene rings is 1. The molecule has 5 rings (SSSR count). The Morgan fingerprint density at radius 1 is 1.11 bits per heavy atom. The minimum Gasteiger partial charge on any atom is -0.481 e. The molecule has 1 aliphatic heterocycles. The number of fused-ring (bicyclic) bond motifs is 1. The Bertz CT molecular complexity index is 1420. The molecule has 4 heterocycles. The first-order chi connectivity index (χ1) is 16.6. The summed E-state index contributed by atoms with van der Waals surface area (Å²) < 4.78 is 47.6. The molecule has 180 valence electrons. The number of imidazole rings is 1. The number of likely N-dealkylation sites (tertiary alicyclic amines) is 1. The maximum absolute atomic E-state index is 13.9. The van der Waals surface area contributed by atoms with Gasteiger partial charge < -0.3 is 14.4 Å². The number of amides is 1. The number of carbonyl (C=O) groups is 2. The molecule has 0 saturated carbocycles. The van der Waals surface area contributed by atoms with Crippen LogP contribution in [-0.4, -0.2) is 44.4 Å². The molecule has 0 radical (unpaired) electrons.